The van der Waals surface area contributed by atoms with E-state index in [1.54, 1.807) is 30.1 Å². The van der Waals surface area contributed by atoms with Crippen molar-refractivity contribution in [1.82, 2.24) is 9.62 Å². The molecule has 1 atom stereocenters. The van der Waals surface area contributed by atoms with Gasteiger partial charge >= 0.3 is 0 Å². The molecule has 0 heterocycles. The highest BCUT2D eigenvalue weighted by atomic mass is 32.2. The molecule has 1 unspecified atom stereocenters. The van der Waals surface area contributed by atoms with E-state index in [0.29, 0.717) is 0 Å². The number of carbonyl (C=O) groups excluding carboxylic acids is 1. The Hall–Kier alpha value is -2.18. The first-order valence-electron chi connectivity index (χ1n) is 9.20. The molecular weight excluding hydrogens is 360 g/mol. The van der Waals surface area contributed by atoms with Crippen molar-refractivity contribution in [3.63, 3.8) is 0 Å². The molecule has 1 aliphatic carbocycles. The average molecular weight is 387 g/mol. The monoisotopic (exact) mass is 386 g/mol. The van der Waals surface area contributed by atoms with Gasteiger partial charge in [0.15, 0.2) is 0 Å². The maximum Gasteiger partial charge on any atom is 0.240 e. The summed E-state index contributed by atoms with van der Waals surface area (Å²) >= 11 is 0. The number of carbonyl (C=O) groups is 1. The molecule has 2 aromatic carbocycles. The number of amides is 1. The average Bonchev–Trinajstić information content (AvgIpc) is 3.07. The Kier molecular flexibility index (Phi) is 5.67. The lowest BCUT2D eigenvalue weighted by Gasteiger charge is -2.25. The number of fused-ring (bicyclic) bond motifs is 1. The topological polar surface area (TPSA) is 66.5 Å². The van der Waals surface area contributed by atoms with Gasteiger partial charge in [0.1, 0.15) is 0 Å². The van der Waals surface area contributed by atoms with E-state index >= 15 is 0 Å². The summed E-state index contributed by atoms with van der Waals surface area (Å²) in [6, 6.07) is 13.3. The first-order chi connectivity index (χ1) is 12.8. The van der Waals surface area contributed by atoms with Gasteiger partial charge in [0.05, 0.1) is 10.9 Å². The van der Waals surface area contributed by atoms with Crippen molar-refractivity contribution in [1.29, 1.82) is 0 Å². The van der Waals surface area contributed by atoms with Crippen molar-refractivity contribution in [3.05, 3.63) is 64.7 Å². The van der Waals surface area contributed by atoms with Crippen LogP contribution in [0.4, 0.5) is 0 Å². The van der Waals surface area contributed by atoms with Crippen LogP contribution in [-0.4, -0.2) is 32.8 Å². The lowest BCUT2D eigenvalue weighted by Crippen LogP contribution is -2.34. The van der Waals surface area contributed by atoms with Crippen LogP contribution in [0, 0.1) is 13.8 Å². The Morgan fingerprint density at radius 3 is 2.63 bits per heavy atom. The van der Waals surface area contributed by atoms with Gasteiger partial charge in [0, 0.05) is 20.0 Å². The van der Waals surface area contributed by atoms with Gasteiger partial charge in [0.2, 0.25) is 15.9 Å². The summed E-state index contributed by atoms with van der Waals surface area (Å²) in [7, 11) is -1.81. The summed E-state index contributed by atoms with van der Waals surface area (Å²) in [4.78, 5) is 14.5. The minimum absolute atomic E-state index is 0.0560. The Morgan fingerprint density at radius 1 is 1.15 bits per heavy atom. The fraction of sp³-hybridized carbons (Fsp3) is 0.381. The lowest BCUT2D eigenvalue weighted by atomic mass is 10.1. The highest BCUT2D eigenvalue weighted by Crippen LogP contribution is 2.34. The summed E-state index contributed by atoms with van der Waals surface area (Å²) < 4.78 is 27.4. The first kappa shape index (κ1) is 19.6. The van der Waals surface area contributed by atoms with Gasteiger partial charge < -0.3 is 4.90 Å². The number of rotatable bonds is 6. The molecule has 6 heteroatoms. The fourth-order valence-electron chi connectivity index (χ4n) is 3.54. The number of nitrogens with one attached hydrogen (secondary N) is 1. The molecule has 27 heavy (non-hydrogen) atoms. The molecule has 1 N–H and O–H groups in total. The van der Waals surface area contributed by atoms with Crippen LogP contribution in [0.25, 0.3) is 0 Å². The van der Waals surface area contributed by atoms with E-state index in [9.17, 15) is 13.2 Å². The zero-order chi connectivity index (χ0) is 19.6. The molecule has 0 fully saturated rings. The molecule has 0 aromatic heterocycles. The van der Waals surface area contributed by atoms with Gasteiger partial charge in [-0.15, -0.1) is 0 Å². The smallest absolute Gasteiger partial charge is 0.240 e. The van der Waals surface area contributed by atoms with E-state index in [1.165, 1.54) is 11.1 Å². The normalized spacial score (nSPS) is 16.2. The maximum absolute atomic E-state index is 12.6. The van der Waals surface area contributed by atoms with Crippen molar-refractivity contribution in [2.75, 3.05) is 13.6 Å². The van der Waals surface area contributed by atoms with Crippen molar-refractivity contribution in [2.45, 2.75) is 44.0 Å². The third-order valence-electron chi connectivity index (χ3n) is 5.38. The minimum atomic E-state index is -3.61. The maximum atomic E-state index is 12.6. The van der Waals surface area contributed by atoms with Crippen LogP contribution in [0.3, 0.4) is 0 Å². The molecule has 0 bridgehead atoms. The van der Waals surface area contributed by atoms with Gasteiger partial charge in [-0.25, -0.2) is 13.1 Å². The van der Waals surface area contributed by atoms with E-state index in [0.717, 1.165) is 24.0 Å². The van der Waals surface area contributed by atoms with Gasteiger partial charge in [0.25, 0.3) is 0 Å². The van der Waals surface area contributed by atoms with Crippen LogP contribution in [-0.2, 0) is 21.2 Å². The van der Waals surface area contributed by atoms with E-state index in [-0.39, 0.29) is 29.8 Å². The molecule has 0 spiro atoms. The predicted molar refractivity (Wildman–Crippen MR) is 106 cm³/mol. The van der Waals surface area contributed by atoms with Crippen LogP contribution in [0.1, 0.15) is 41.1 Å². The molecule has 0 saturated heterocycles. The lowest BCUT2D eigenvalue weighted by molar-refractivity contribution is -0.131. The molecule has 2 aromatic rings. The Labute approximate surface area is 161 Å². The van der Waals surface area contributed by atoms with Gasteiger partial charge in [-0.1, -0.05) is 30.3 Å². The molecule has 1 amide bonds. The SMILES string of the molecule is Cc1ccc(S(=O)(=O)NCCC(=O)N(C)C2CCc3ccccc32)cc1C. The molecule has 0 aliphatic heterocycles. The van der Waals surface area contributed by atoms with E-state index in [1.807, 2.05) is 26.0 Å². The third kappa shape index (κ3) is 4.22. The van der Waals surface area contributed by atoms with Crippen LogP contribution in [0.15, 0.2) is 47.4 Å². The summed E-state index contributed by atoms with van der Waals surface area (Å²) in [5.41, 5.74) is 4.46. The second kappa shape index (κ2) is 7.82. The summed E-state index contributed by atoms with van der Waals surface area (Å²) in [6.07, 6.45) is 2.02. The number of aryl methyl sites for hydroxylation is 3. The van der Waals surface area contributed by atoms with E-state index < -0.39 is 10.0 Å². The van der Waals surface area contributed by atoms with Gasteiger partial charge in [-0.3, -0.25) is 4.79 Å². The largest absolute Gasteiger partial charge is 0.339 e. The molecule has 1 aliphatic rings. The number of nitrogens with zero attached hydrogens (tertiary/aromatic N) is 1. The number of hydrogen-bond acceptors (Lipinski definition) is 3. The van der Waals surface area contributed by atoms with Crippen LogP contribution in [0.2, 0.25) is 0 Å². The van der Waals surface area contributed by atoms with Crippen LogP contribution < -0.4 is 4.72 Å². The third-order valence-corrected chi connectivity index (χ3v) is 6.84. The first-order valence-corrected chi connectivity index (χ1v) is 10.7. The number of hydrogen-bond donors (Lipinski definition) is 1. The zero-order valence-corrected chi connectivity index (χ0v) is 16.8. The summed E-state index contributed by atoms with van der Waals surface area (Å²) in [5.74, 6) is -0.0560. The second-order valence-electron chi connectivity index (χ2n) is 7.15. The second-order valence-corrected chi connectivity index (χ2v) is 8.92. The predicted octanol–water partition coefficient (Wildman–Crippen LogP) is 3.12. The van der Waals surface area contributed by atoms with Crippen molar-refractivity contribution >= 4 is 15.9 Å². The number of sulfonamides is 1. The van der Waals surface area contributed by atoms with Crippen LogP contribution in [0.5, 0.6) is 0 Å². The molecule has 3 rings (SSSR count). The highest BCUT2D eigenvalue weighted by molar-refractivity contribution is 7.89. The summed E-state index contributed by atoms with van der Waals surface area (Å²) in [5, 5.41) is 0. The zero-order valence-electron chi connectivity index (χ0n) is 16.0. The Bertz CT molecular complexity index is 954. The van der Waals surface area contributed by atoms with Crippen molar-refractivity contribution in [3.8, 4) is 0 Å². The number of benzene rings is 2. The molecule has 144 valence electrons. The fourth-order valence-corrected chi connectivity index (χ4v) is 4.66. The minimum Gasteiger partial charge on any atom is -0.339 e. The Balaban J connectivity index is 1.58. The van der Waals surface area contributed by atoms with Gasteiger partial charge in [-0.05, 0) is 61.1 Å². The Morgan fingerprint density at radius 2 is 1.89 bits per heavy atom. The molecule has 0 radical (unpaired) electrons. The summed E-state index contributed by atoms with van der Waals surface area (Å²) in [6.45, 7) is 3.91. The van der Waals surface area contributed by atoms with E-state index in [2.05, 4.69) is 16.9 Å². The highest BCUT2D eigenvalue weighted by Gasteiger charge is 2.28. The van der Waals surface area contributed by atoms with E-state index in [4.69, 9.17) is 0 Å². The van der Waals surface area contributed by atoms with Crippen molar-refractivity contribution < 1.29 is 13.2 Å². The quantitative estimate of drug-likeness (QED) is 0.829. The molecule has 5 nitrogen and oxygen atoms in total. The van der Waals surface area contributed by atoms with Crippen molar-refractivity contribution in [2.24, 2.45) is 0 Å². The van der Waals surface area contributed by atoms with Gasteiger partial charge in [-0.2, -0.15) is 0 Å². The standard InChI is InChI=1S/C21H26N2O3S/c1-15-8-10-18(14-16(15)2)27(25,26)22-13-12-21(24)23(3)20-11-9-17-6-4-5-7-19(17)20/h4-8,10,14,20,22H,9,11-13H2,1-3H3. The van der Waals surface area contributed by atoms with Crippen LogP contribution >= 0.6 is 0 Å². The molecule has 0 saturated carbocycles. The molecular formula is C21H26N2O3S.